The van der Waals surface area contributed by atoms with Crippen molar-refractivity contribution in [3.05, 3.63) is 63.4 Å². The van der Waals surface area contributed by atoms with E-state index >= 15 is 0 Å². The summed E-state index contributed by atoms with van der Waals surface area (Å²) >= 11 is 4.72. The molecule has 1 N–H and O–H groups in total. The van der Waals surface area contributed by atoms with Crippen LogP contribution in [0.4, 0.5) is 16.5 Å². The SMILES string of the molecule is CCN(CC)c1ccc2cc(-c3nnc(Nc4ccc(Br)cc4)s3)c(=O)oc2c1. The van der Waals surface area contributed by atoms with E-state index in [4.69, 9.17) is 4.42 Å². The zero-order valence-corrected chi connectivity index (χ0v) is 18.4. The monoisotopic (exact) mass is 470 g/mol. The van der Waals surface area contributed by atoms with Crippen LogP contribution in [0, 0.1) is 0 Å². The molecule has 8 heteroatoms. The zero-order valence-electron chi connectivity index (χ0n) is 16.0. The number of anilines is 3. The van der Waals surface area contributed by atoms with Crippen LogP contribution in [-0.4, -0.2) is 23.3 Å². The summed E-state index contributed by atoms with van der Waals surface area (Å²) in [4.78, 5) is 14.8. The van der Waals surface area contributed by atoms with E-state index in [2.05, 4.69) is 50.2 Å². The van der Waals surface area contributed by atoms with Gasteiger partial charge in [-0.2, -0.15) is 0 Å². The summed E-state index contributed by atoms with van der Waals surface area (Å²) in [5, 5.41) is 13.5. The van der Waals surface area contributed by atoms with Gasteiger partial charge in [0.25, 0.3) is 0 Å². The molecule has 148 valence electrons. The summed E-state index contributed by atoms with van der Waals surface area (Å²) < 4.78 is 6.60. The third kappa shape index (κ3) is 4.18. The van der Waals surface area contributed by atoms with E-state index in [0.717, 1.165) is 34.3 Å². The molecular formula is C21H19BrN4O2S. The number of rotatable bonds is 6. The van der Waals surface area contributed by atoms with Crippen LogP contribution in [0.5, 0.6) is 0 Å². The predicted octanol–water partition coefficient (Wildman–Crippen LogP) is 5.66. The van der Waals surface area contributed by atoms with Crippen LogP contribution < -0.4 is 15.8 Å². The average Bonchev–Trinajstić information content (AvgIpc) is 3.18. The first-order valence-corrected chi connectivity index (χ1v) is 10.9. The van der Waals surface area contributed by atoms with Crippen molar-refractivity contribution in [3.63, 3.8) is 0 Å². The second-order valence-electron chi connectivity index (χ2n) is 6.39. The molecule has 2 heterocycles. The molecular weight excluding hydrogens is 452 g/mol. The minimum Gasteiger partial charge on any atom is -0.422 e. The molecule has 0 saturated heterocycles. The predicted molar refractivity (Wildman–Crippen MR) is 122 cm³/mol. The lowest BCUT2D eigenvalue weighted by atomic mass is 10.1. The molecule has 0 fully saturated rings. The van der Waals surface area contributed by atoms with Crippen LogP contribution in [0.2, 0.25) is 0 Å². The first-order valence-electron chi connectivity index (χ1n) is 9.26. The number of halogens is 1. The Labute approximate surface area is 180 Å². The van der Waals surface area contributed by atoms with E-state index in [0.29, 0.717) is 21.3 Å². The van der Waals surface area contributed by atoms with Gasteiger partial charge in [0.05, 0.1) is 5.56 Å². The van der Waals surface area contributed by atoms with Crippen LogP contribution in [0.3, 0.4) is 0 Å². The molecule has 0 spiro atoms. The van der Waals surface area contributed by atoms with E-state index in [1.807, 2.05) is 48.5 Å². The number of fused-ring (bicyclic) bond motifs is 1. The summed E-state index contributed by atoms with van der Waals surface area (Å²) in [7, 11) is 0. The molecule has 2 aromatic carbocycles. The fourth-order valence-corrected chi connectivity index (χ4v) is 4.11. The molecule has 0 aliphatic carbocycles. The Morgan fingerprint density at radius 3 is 2.55 bits per heavy atom. The fourth-order valence-electron chi connectivity index (χ4n) is 3.07. The van der Waals surface area contributed by atoms with Crippen molar-refractivity contribution in [1.82, 2.24) is 10.2 Å². The second-order valence-corrected chi connectivity index (χ2v) is 8.28. The topological polar surface area (TPSA) is 71.3 Å². The summed E-state index contributed by atoms with van der Waals surface area (Å²) in [6.45, 7) is 5.98. The molecule has 0 unspecified atom stereocenters. The smallest absolute Gasteiger partial charge is 0.346 e. The van der Waals surface area contributed by atoms with Crippen molar-refractivity contribution in [1.29, 1.82) is 0 Å². The maximum atomic E-state index is 12.6. The Balaban J connectivity index is 1.65. The van der Waals surface area contributed by atoms with Crippen molar-refractivity contribution >= 4 is 54.7 Å². The van der Waals surface area contributed by atoms with Gasteiger partial charge in [-0.15, -0.1) is 10.2 Å². The number of nitrogens with zero attached hydrogens (tertiary/aromatic N) is 3. The van der Waals surface area contributed by atoms with Gasteiger partial charge in [0.15, 0.2) is 5.01 Å². The Morgan fingerprint density at radius 1 is 1.07 bits per heavy atom. The van der Waals surface area contributed by atoms with E-state index in [1.54, 1.807) is 0 Å². The van der Waals surface area contributed by atoms with Crippen molar-refractivity contribution < 1.29 is 4.42 Å². The summed E-state index contributed by atoms with van der Waals surface area (Å²) in [6, 6.07) is 15.5. The molecule has 0 atom stereocenters. The Bertz CT molecular complexity index is 1200. The first-order chi connectivity index (χ1) is 14.1. The molecule has 4 aromatic rings. The lowest BCUT2D eigenvalue weighted by molar-refractivity contribution is 0.563. The number of hydrogen-bond donors (Lipinski definition) is 1. The van der Waals surface area contributed by atoms with Gasteiger partial charge in [-0.3, -0.25) is 0 Å². The lowest BCUT2D eigenvalue weighted by Gasteiger charge is -2.20. The van der Waals surface area contributed by atoms with E-state index in [-0.39, 0.29) is 0 Å². The van der Waals surface area contributed by atoms with Crippen molar-refractivity contribution in [2.24, 2.45) is 0 Å². The standard InChI is InChI=1S/C21H19BrN4O2S/c1-3-26(4-2)16-10-5-13-11-17(20(27)28-18(13)12-16)19-24-25-21(29-19)23-15-8-6-14(22)7-9-15/h5-12H,3-4H2,1-2H3,(H,23,25). The molecule has 0 saturated carbocycles. The zero-order chi connectivity index (χ0) is 20.4. The third-order valence-corrected chi connectivity index (χ3v) is 6.00. The highest BCUT2D eigenvalue weighted by Gasteiger charge is 2.14. The van der Waals surface area contributed by atoms with Crippen molar-refractivity contribution in [2.75, 3.05) is 23.3 Å². The minimum atomic E-state index is -0.416. The molecule has 6 nitrogen and oxygen atoms in total. The van der Waals surface area contributed by atoms with Crippen molar-refractivity contribution in [3.8, 4) is 10.6 Å². The van der Waals surface area contributed by atoms with Gasteiger partial charge in [-0.05, 0) is 56.3 Å². The molecule has 0 bridgehead atoms. The summed E-state index contributed by atoms with van der Waals surface area (Å²) in [5.74, 6) is 0. The molecule has 2 aromatic heterocycles. The van der Waals surface area contributed by atoms with Crippen LogP contribution >= 0.6 is 27.3 Å². The van der Waals surface area contributed by atoms with E-state index in [1.165, 1.54) is 11.3 Å². The molecule has 0 radical (unpaired) electrons. The van der Waals surface area contributed by atoms with Gasteiger partial charge in [-0.25, -0.2) is 4.79 Å². The van der Waals surface area contributed by atoms with Crippen LogP contribution in [0.25, 0.3) is 21.5 Å². The van der Waals surface area contributed by atoms with E-state index < -0.39 is 5.63 Å². The fraction of sp³-hybridized carbons (Fsp3) is 0.190. The molecule has 4 rings (SSSR count). The molecule has 0 aliphatic rings. The van der Waals surface area contributed by atoms with Gasteiger partial charge in [0.1, 0.15) is 5.58 Å². The molecule has 0 amide bonds. The quantitative estimate of drug-likeness (QED) is 0.366. The summed E-state index contributed by atoms with van der Waals surface area (Å²) in [5.41, 5.74) is 2.50. The van der Waals surface area contributed by atoms with Crippen LogP contribution in [-0.2, 0) is 0 Å². The van der Waals surface area contributed by atoms with Crippen molar-refractivity contribution in [2.45, 2.75) is 13.8 Å². The van der Waals surface area contributed by atoms with Crippen LogP contribution in [0.15, 0.2) is 62.2 Å². The maximum absolute atomic E-state index is 12.6. The third-order valence-electron chi connectivity index (χ3n) is 4.60. The highest BCUT2D eigenvalue weighted by Crippen LogP contribution is 2.29. The van der Waals surface area contributed by atoms with Gasteiger partial charge in [-0.1, -0.05) is 27.3 Å². The molecule has 0 aliphatic heterocycles. The maximum Gasteiger partial charge on any atom is 0.346 e. The van der Waals surface area contributed by atoms with E-state index in [9.17, 15) is 4.79 Å². The lowest BCUT2D eigenvalue weighted by Crippen LogP contribution is -2.21. The normalized spacial score (nSPS) is 11.0. The molecule has 29 heavy (non-hydrogen) atoms. The number of benzene rings is 2. The Morgan fingerprint density at radius 2 is 1.83 bits per heavy atom. The Hall–Kier alpha value is -2.71. The highest BCUT2D eigenvalue weighted by molar-refractivity contribution is 9.10. The number of hydrogen-bond acceptors (Lipinski definition) is 7. The van der Waals surface area contributed by atoms with Gasteiger partial charge >= 0.3 is 5.63 Å². The minimum absolute atomic E-state index is 0.412. The number of aromatic nitrogens is 2. The van der Waals surface area contributed by atoms with Crippen LogP contribution in [0.1, 0.15) is 13.8 Å². The van der Waals surface area contributed by atoms with Gasteiger partial charge in [0.2, 0.25) is 5.13 Å². The van der Waals surface area contributed by atoms with Gasteiger partial charge in [0, 0.05) is 40.4 Å². The van der Waals surface area contributed by atoms with Gasteiger partial charge < -0.3 is 14.6 Å². The number of nitrogens with one attached hydrogen (secondary N) is 1. The summed E-state index contributed by atoms with van der Waals surface area (Å²) in [6.07, 6.45) is 0. The largest absolute Gasteiger partial charge is 0.422 e. The highest BCUT2D eigenvalue weighted by atomic mass is 79.9. The average molecular weight is 471 g/mol. The first kappa shape index (κ1) is 19.6. The Kier molecular flexibility index (Phi) is 5.64. The second kappa shape index (κ2) is 8.34.